The molecule has 88 valence electrons. The van der Waals surface area contributed by atoms with Crippen molar-refractivity contribution < 1.29 is 9.18 Å². The molecule has 0 saturated heterocycles. The number of rotatable bonds is 4. The van der Waals surface area contributed by atoms with Crippen LogP contribution in [-0.2, 0) is 4.79 Å². The molecular formula is C9H14FN5O. The molecule has 0 radical (unpaired) electrons. The Morgan fingerprint density at radius 2 is 2.25 bits per heavy atom. The van der Waals surface area contributed by atoms with Gasteiger partial charge in [-0.3, -0.25) is 4.79 Å². The van der Waals surface area contributed by atoms with Gasteiger partial charge in [-0.1, -0.05) is 0 Å². The van der Waals surface area contributed by atoms with Gasteiger partial charge in [0.15, 0.2) is 11.6 Å². The molecule has 1 aromatic heterocycles. The number of anilines is 2. The summed E-state index contributed by atoms with van der Waals surface area (Å²) in [6.45, 7) is 3.46. The SMILES string of the molecule is CC(C)N(CC(N)=O)c1nc(N)ncc1F. The van der Waals surface area contributed by atoms with Crippen molar-refractivity contribution in [2.75, 3.05) is 17.2 Å². The van der Waals surface area contributed by atoms with E-state index in [0.717, 1.165) is 6.20 Å². The van der Waals surface area contributed by atoms with Gasteiger partial charge in [0.1, 0.15) is 0 Å². The quantitative estimate of drug-likeness (QED) is 0.748. The monoisotopic (exact) mass is 227 g/mol. The molecule has 0 aliphatic heterocycles. The highest BCUT2D eigenvalue weighted by atomic mass is 19.1. The highest BCUT2D eigenvalue weighted by Gasteiger charge is 2.19. The molecule has 6 nitrogen and oxygen atoms in total. The maximum absolute atomic E-state index is 13.5. The van der Waals surface area contributed by atoms with Crippen LogP contribution < -0.4 is 16.4 Å². The minimum Gasteiger partial charge on any atom is -0.368 e. The third kappa shape index (κ3) is 2.78. The first-order valence-electron chi connectivity index (χ1n) is 4.74. The third-order valence-corrected chi connectivity index (χ3v) is 1.97. The number of carbonyl (C=O) groups is 1. The third-order valence-electron chi connectivity index (χ3n) is 1.97. The van der Waals surface area contributed by atoms with Crippen LogP contribution in [0.1, 0.15) is 13.8 Å². The zero-order valence-corrected chi connectivity index (χ0v) is 9.14. The molecule has 7 heteroatoms. The first-order chi connectivity index (χ1) is 7.41. The van der Waals surface area contributed by atoms with E-state index < -0.39 is 11.7 Å². The predicted octanol–water partition coefficient (Wildman–Crippen LogP) is -0.102. The van der Waals surface area contributed by atoms with Crippen molar-refractivity contribution >= 4 is 17.7 Å². The van der Waals surface area contributed by atoms with E-state index in [1.54, 1.807) is 13.8 Å². The average molecular weight is 227 g/mol. The van der Waals surface area contributed by atoms with Crippen molar-refractivity contribution in [1.82, 2.24) is 9.97 Å². The van der Waals surface area contributed by atoms with Gasteiger partial charge in [0, 0.05) is 6.04 Å². The number of carbonyl (C=O) groups excluding carboxylic acids is 1. The molecular weight excluding hydrogens is 213 g/mol. The largest absolute Gasteiger partial charge is 0.368 e. The van der Waals surface area contributed by atoms with Crippen LogP contribution in [0.2, 0.25) is 0 Å². The fourth-order valence-corrected chi connectivity index (χ4v) is 1.24. The summed E-state index contributed by atoms with van der Waals surface area (Å²) in [5.41, 5.74) is 10.4. The number of amides is 1. The maximum atomic E-state index is 13.5. The Balaban J connectivity index is 3.09. The van der Waals surface area contributed by atoms with Crippen molar-refractivity contribution in [3.8, 4) is 0 Å². The van der Waals surface area contributed by atoms with E-state index in [-0.39, 0.29) is 24.4 Å². The number of hydrogen-bond acceptors (Lipinski definition) is 5. The lowest BCUT2D eigenvalue weighted by Gasteiger charge is -2.26. The highest BCUT2D eigenvalue weighted by Crippen LogP contribution is 2.18. The van der Waals surface area contributed by atoms with Crippen LogP contribution in [0.25, 0.3) is 0 Å². The fraction of sp³-hybridized carbons (Fsp3) is 0.444. The molecule has 1 heterocycles. The number of primary amides is 1. The molecule has 0 spiro atoms. The zero-order chi connectivity index (χ0) is 12.3. The smallest absolute Gasteiger partial charge is 0.237 e. The number of nitrogen functional groups attached to an aromatic ring is 1. The molecule has 1 aromatic rings. The Morgan fingerprint density at radius 1 is 1.62 bits per heavy atom. The number of nitrogens with two attached hydrogens (primary N) is 2. The summed E-state index contributed by atoms with van der Waals surface area (Å²) in [5, 5.41) is 0. The van der Waals surface area contributed by atoms with E-state index in [1.807, 2.05) is 0 Å². The Labute approximate surface area is 92.5 Å². The van der Waals surface area contributed by atoms with E-state index in [9.17, 15) is 9.18 Å². The van der Waals surface area contributed by atoms with Crippen LogP contribution in [0.15, 0.2) is 6.20 Å². The number of hydrogen-bond donors (Lipinski definition) is 2. The topological polar surface area (TPSA) is 98.1 Å². The second-order valence-corrected chi connectivity index (χ2v) is 3.59. The summed E-state index contributed by atoms with van der Waals surface area (Å²) in [5.74, 6) is -1.26. The summed E-state index contributed by atoms with van der Waals surface area (Å²) >= 11 is 0. The number of aromatic nitrogens is 2. The first kappa shape index (κ1) is 12.2. The molecule has 4 N–H and O–H groups in total. The summed E-state index contributed by atoms with van der Waals surface area (Å²) in [4.78, 5) is 19.6. The number of nitrogens with zero attached hydrogens (tertiary/aromatic N) is 3. The predicted molar refractivity (Wildman–Crippen MR) is 58.1 cm³/mol. The molecule has 16 heavy (non-hydrogen) atoms. The Hall–Kier alpha value is -1.92. The lowest BCUT2D eigenvalue weighted by Crippen LogP contribution is -2.39. The lowest BCUT2D eigenvalue weighted by molar-refractivity contribution is -0.116. The minimum atomic E-state index is -0.635. The van der Waals surface area contributed by atoms with Gasteiger partial charge >= 0.3 is 0 Å². The van der Waals surface area contributed by atoms with Gasteiger partial charge in [-0.15, -0.1) is 0 Å². The van der Waals surface area contributed by atoms with Gasteiger partial charge in [-0.2, -0.15) is 4.98 Å². The first-order valence-corrected chi connectivity index (χ1v) is 4.74. The molecule has 0 unspecified atom stereocenters. The molecule has 0 atom stereocenters. The van der Waals surface area contributed by atoms with Crippen LogP contribution >= 0.6 is 0 Å². The zero-order valence-electron chi connectivity index (χ0n) is 9.14. The average Bonchev–Trinajstić information content (AvgIpc) is 2.18. The molecule has 0 saturated carbocycles. The minimum absolute atomic E-state index is 0.0127. The van der Waals surface area contributed by atoms with Gasteiger partial charge in [0.05, 0.1) is 12.7 Å². The van der Waals surface area contributed by atoms with E-state index in [4.69, 9.17) is 11.5 Å². The Bertz CT molecular complexity index is 395. The number of halogens is 1. The molecule has 0 bridgehead atoms. The second kappa shape index (κ2) is 4.73. The summed E-state index contributed by atoms with van der Waals surface area (Å²) in [6, 6.07) is -0.128. The molecule has 1 rings (SSSR count). The summed E-state index contributed by atoms with van der Waals surface area (Å²) < 4.78 is 13.5. The van der Waals surface area contributed by atoms with Crippen LogP contribution in [0.5, 0.6) is 0 Å². The molecule has 0 aromatic carbocycles. The van der Waals surface area contributed by atoms with E-state index >= 15 is 0 Å². The summed E-state index contributed by atoms with van der Waals surface area (Å²) in [7, 11) is 0. The van der Waals surface area contributed by atoms with Crippen LogP contribution in [-0.4, -0.2) is 28.5 Å². The maximum Gasteiger partial charge on any atom is 0.237 e. The van der Waals surface area contributed by atoms with Crippen molar-refractivity contribution in [1.29, 1.82) is 0 Å². The lowest BCUT2D eigenvalue weighted by atomic mass is 10.3. The van der Waals surface area contributed by atoms with Gasteiger partial charge in [-0.05, 0) is 13.8 Å². The van der Waals surface area contributed by atoms with E-state index in [1.165, 1.54) is 4.90 Å². The van der Waals surface area contributed by atoms with Crippen molar-refractivity contribution in [3.05, 3.63) is 12.0 Å². The molecule has 0 aliphatic carbocycles. The van der Waals surface area contributed by atoms with Crippen LogP contribution in [0.3, 0.4) is 0 Å². The molecule has 0 aliphatic rings. The van der Waals surface area contributed by atoms with Gasteiger partial charge in [-0.25, -0.2) is 9.37 Å². The Morgan fingerprint density at radius 3 is 2.75 bits per heavy atom. The van der Waals surface area contributed by atoms with Crippen LogP contribution in [0.4, 0.5) is 16.2 Å². The summed E-state index contributed by atoms with van der Waals surface area (Å²) in [6.07, 6.45) is 0.966. The van der Waals surface area contributed by atoms with Crippen LogP contribution in [0, 0.1) is 5.82 Å². The van der Waals surface area contributed by atoms with E-state index in [2.05, 4.69) is 9.97 Å². The van der Waals surface area contributed by atoms with Gasteiger partial charge in [0.2, 0.25) is 11.9 Å². The van der Waals surface area contributed by atoms with E-state index in [0.29, 0.717) is 0 Å². The fourth-order valence-electron chi connectivity index (χ4n) is 1.24. The van der Waals surface area contributed by atoms with Crippen molar-refractivity contribution in [2.24, 2.45) is 5.73 Å². The molecule has 1 amide bonds. The Kier molecular flexibility index (Phi) is 3.60. The van der Waals surface area contributed by atoms with Crippen molar-refractivity contribution in [3.63, 3.8) is 0 Å². The van der Waals surface area contributed by atoms with Gasteiger partial charge < -0.3 is 16.4 Å². The standard InChI is InChI=1S/C9H14FN5O/c1-5(2)15(4-7(11)16)8-6(10)3-13-9(12)14-8/h3,5H,4H2,1-2H3,(H2,11,16)(H2,12,13,14). The normalized spacial score (nSPS) is 10.5. The molecule has 0 fully saturated rings. The highest BCUT2D eigenvalue weighted by molar-refractivity contribution is 5.79. The van der Waals surface area contributed by atoms with Gasteiger partial charge in [0.25, 0.3) is 0 Å². The van der Waals surface area contributed by atoms with Crippen molar-refractivity contribution in [2.45, 2.75) is 19.9 Å². The second-order valence-electron chi connectivity index (χ2n) is 3.59.